The topological polar surface area (TPSA) is 105 Å². The Balaban J connectivity index is 1.39. The van der Waals surface area contributed by atoms with Gasteiger partial charge in [0.15, 0.2) is 0 Å². The number of carboxylic acid groups (broad SMARTS) is 1. The molecule has 35 heavy (non-hydrogen) atoms. The van der Waals surface area contributed by atoms with Crippen LogP contribution in [0.5, 0.6) is 0 Å². The molecule has 0 heterocycles. The van der Waals surface area contributed by atoms with Crippen LogP contribution in [-0.4, -0.2) is 41.8 Å². The highest BCUT2D eigenvalue weighted by molar-refractivity contribution is 5.89. The van der Waals surface area contributed by atoms with Crippen LogP contribution in [0.2, 0.25) is 0 Å². The first-order chi connectivity index (χ1) is 16.9. The van der Waals surface area contributed by atoms with Gasteiger partial charge in [0.25, 0.3) is 0 Å². The van der Waals surface area contributed by atoms with E-state index in [9.17, 15) is 19.5 Å². The number of hydrogen-bond donors (Lipinski definition) is 3. The van der Waals surface area contributed by atoms with E-state index in [2.05, 4.69) is 22.8 Å². The fraction of sp³-hybridized carbons (Fsp3) is 0.464. The summed E-state index contributed by atoms with van der Waals surface area (Å²) in [4.78, 5) is 37.6. The second kappa shape index (κ2) is 10.9. The maximum Gasteiger partial charge on any atom is 0.407 e. The molecule has 0 aromatic heterocycles. The summed E-state index contributed by atoms with van der Waals surface area (Å²) in [7, 11) is 0. The Morgan fingerprint density at radius 1 is 0.914 bits per heavy atom. The lowest BCUT2D eigenvalue weighted by molar-refractivity contribution is -0.144. The number of fused-ring (bicyclic) bond motifs is 3. The number of carbonyl (C=O) groups excluding carboxylic acids is 2. The van der Waals surface area contributed by atoms with Crippen molar-refractivity contribution in [1.29, 1.82) is 0 Å². The number of amides is 2. The van der Waals surface area contributed by atoms with Gasteiger partial charge in [-0.15, -0.1) is 0 Å². The normalized spacial score (nSPS) is 17.2. The van der Waals surface area contributed by atoms with Gasteiger partial charge in [-0.3, -0.25) is 4.79 Å². The maximum atomic E-state index is 13.0. The highest BCUT2D eigenvalue weighted by atomic mass is 16.5. The zero-order valence-corrected chi connectivity index (χ0v) is 20.3. The number of carbonyl (C=O) groups is 3. The van der Waals surface area contributed by atoms with E-state index in [4.69, 9.17) is 4.74 Å². The van der Waals surface area contributed by atoms with Gasteiger partial charge in [0, 0.05) is 5.92 Å². The molecule has 0 spiro atoms. The second-order valence-electron chi connectivity index (χ2n) is 9.91. The Morgan fingerprint density at radius 3 is 2.03 bits per heavy atom. The number of alkyl carbamates (subject to hydrolysis) is 1. The number of ether oxygens (including phenoxy) is 1. The van der Waals surface area contributed by atoms with Crippen molar-refractivity contribution < 1.29 is 24.2 Å². The van der Waals surface area contributed by atoms with Crippen molar-refractivity contribution in [1.82, 2.24) is 10.6 Å². The lowest BCUT2D eigenvalue weighted by atomic mass is 9.83. The largest absolute Gasteiger partial charge is 0.480 e. The summed E-state index contributed by atoms with van der Waals surface area (Å²) in [6, 6.07) is 14.3. The molecule has 7 nitrogen and oxygen atoms in total. The van der Waals surface area contributed by atoms with Crippen LogP contribution >= 0.6 is 0 Å². The van der Waals surface area contributed by atoms with E-state index in [1.165, 1.54) is 0 Å². The molecule has 1 fully saturated rings. The summed E-state index contributed by atoms with van der Waals surface area (Å²) >= 11 is 0. The molecular formula is C28H34N2O5. The lowest BCUT2D eigenvalue weighted by Gasteiger charge is -2.30. The van der Waals surface area contributed by atoms with Crippen molar-refractivity contribution in [2.24, 2.45) is 11.8 Å². The van der Waals surface area contributed by atoms with Crippen LogP contribution in [0.15, 0.2) is 48.5 Å². The second-order valence-corrected chi connectivity index (χ2v) is 9.91. The van der Waals surface area contributed by atoms with E-state index in [0.717, 1.165) is 54.4 Å². The first-order valence-corrected chi connectivity index (χ1v) is 12.5. The van der Waals surface area contributed by atoms with Gasteiger partial charge in [-0.1, -0.05) is 81.6 Å². The van der Waals surface area contributed by atoms with E-state index in [1.54, 1.807) is 0 Å². The van der Waals surface area contributed by atoms with Crippen LogP contribution in [-0.2, 0) is 14.3 Å². The molecule has 2 aromatic rings. The molecule has 1 unspecified atom stereocenters. The minimum absolute atomic E-state index is 0.0813. The van der Waals surface area contributed by atoms with Gasteiger partial charge in [0.05, 0.1) is 0 Å². The van der Waals surface area contributed by atoms with Gasteiger partial charge in [0.2, 0.25) is 5.91 Å². The zero-order chi connectivity index (χ0) is 24.9. The van der Waals surface area contributed by atoms with Crippen LogP contribution in [0.4, 0.5) is 4.79 Å². The Morgan fingerprint density at radius 2 is 1.49 bits per heavy atom. The zero-order valence-electron chi connectivity index (χ0n) is 20.3. The van der Waals surface area contributed by atoms with Gasteiger partial charge < -0.3 is 20.5 Å². The monoisotopic (exact) mass is 478 g/mol. The molecule has 7 heteroatoms. The van der Waals surface area contributed by atoms with Gasteiger partial charge >= 0.3 is 12.1 Å². The number of carboxylic acids is 1. The van der Waals surface area contributed by atoms with E-state index >= 15 is 0 Å². The third-order valence-electron chi connectivity index (χ3n) is 7.25. The summed E-state index contributed by atoms with van der Waals surface area (Å²) in [5.41, 5.74) is 4.49. The Hall–Kier alpha value is -3.35. The molecule has 2 amide bonds. The van der Waals surface area contributed by atoms with Crippen LogP contribution in [0.3, 0.4) is 0 Å². The Bertz CT molecular complexity index is 1030. The van der Waals surface area contributed by atoms with Crippen molar-refractivity contribution >= 4 is 18.0 Å². The van der Waals surface area contributed by atoms with Gasteiger partial charge in [-0.05, 0) is 46.9 Å². The van der Waals surface area contributed by atoms with Crippen molar-refractivity contribution in [3.8, 4) is 11.1 Å². The van der Waals surface area contributed by atoms with Crippen LogP contribution < -0.4 is 10.6 Å². The molecule has 2 atom stereocenters. The van der Waals surface area contributed by atoms with E-state index in [1.807, 2.05) is 50.2 Å². The van der Waals surface area contributed by atoms with Gasteiger partial charge in [0.1, 0.15) is 18.7 Å². The molecule has 3 N–H and O–H groups in total. The number of aliphatic carboxylic acids is 1. The summed E-state index contributed by atoms with van der Waals surface area (Å²) in [5.74, 6) is -1.94. The minimum Gasteiger partial charge on any atom is -0.480 e. The SMILES string of the molecule is CC(C)[C@@H](NC(=O)OCC1c2ccccc2-c2ccccc21)C(=O)NC(C(=O)O)C1CCCCC1. The van der Waals surface area contributed by atoms with Crippen molar-refractivity contribution in [3.63, 3.8) is 0 Å². The quantitative estimate of drug-likeness (QED) is 0.510. The summed E-state index contributed by atoms with van der Waals surface area (Å²) in [6.07, 6.45) is 3.90. The number of benzene rings is 2. The average Bonchev–Trinajstić information content (AvgIpc) is 3.18. The predicted octanol–water partition coefficient (Wildman–Crippen LogP) is 4.70. The maximum absolute atomic E-state index is 13.0. The molecule has 1 saturated carbocycles. The molecule has 2 aliphatic carbocycles. The number of nitrogens with one attached hydrogen (secondary N) is 2. The highest BCUT2D eigenvalue weighted by Crippen LogP contribution is 2.44. The smallest absolute Gasteiger partial charge is 0.407 e. The van der Waals surface area contributed by atoms with Crippen molar-refractivity contribution in [2.75, 3.05) is 6.61 Å². The predicted molar refractivity (Wildman–Crippen MR) is 133 cm³/mol. The van der Waals surface area contributed by atoms with Gasteiger partial charge in [-0.2, -0.15) is 0 Å². The minimum atomic E-state index is -1.03. The summed E-state index contributed by atoms with van der Waals surface area (Å²) < 4.78 is 5.59. The van der Waals surface area contributed by atoms with Crippen LogP contribution in [0.1, 0.15) is 63.0 Å². The molecule has 2 aliphatic rings. The molecule has 2 aromatic carbocycles. The molecule has 0 radical (unpaired) electrons. The first-order valence-electron chi connectivity index (χ1n) is 12.5. The average molecular weight is 479 g/mol. The van der Waals surface area contributed by atoms with E-state index < -0.39 is 30.1 Å². The number of hydrogen-bond acceptors (Lipinski definition) is 4. The van der Waals surface area contributed by atoms with Crippen molar-refractivity contribution in [3.05, 3.63) is 59.7 Å². The van der Waals surface area contributed by atoms with E-state index in [-0.39, 0.29) is 24.4 Å². The molecule has 0 bridgehead atoms. The van der Waals surface area contributed by atoms with Gasteiger partial charge in [-0.25, -0.2) is 9.59 Å². The third-order valence-corrected chi connectivity index (χ3v) is 7.25. The highest BCUT2D eigenvalue weighted by Gasteiger charge is 2.35. The molecule has 0 aliphatic heterocycles. The number of rotatable bonds is 8. The first kappa shape index (κ1) is 24.8. The molecule has 0 saturated heterocycles. The van der Waals surface area contributed by atoms with E-state index in [0.29, 0.717) is 0 Å². The Labute approximate surface area is 206 Å². The molecular weight excluding hydrogens is 444 g/mol. The summed E-state index contributed by atoms with van der Waals surface area (Å²) in [6.45, 7) is 3.76. The fourth-order valence-corrected chi connectivity index (χ4v) is 5.39. The van der Waals surface area contributed by atoms with Crippen LogP contribution in [0.25, 0.3) is 11.1 Å². The molecule has 186 valence electrons. The Kier molecular flexibility index (Phi) is 7.73. The van der Waals surface area contributed by atoms with Crippen LogP contribution in [0, 0.1) is 11.8 Å². The standard InChI is InChI=1S/C28H34N2O5/c1-17(2)24(26(31)29-25(27(32)33)18-10-4-3-5-11-18)30-28(34)35-16-23-21-14-8-6-12-19(21)20-13-7-9-15-22(20)23/h6-9,12-15,17-18,23-25H,3-5,10-11,16H2,1-2H3,(H,29,31)(H,30,34)(H,32,33)/t24-,25?/m1/s1. The summed E-state index contributed by atoms with van der Waals surface area (Å²) in [5, 5.41) is 15.1. The van der Waals surface area contributed by atoms with Crippen molar-refractivity contribution in [2.45, 2.75) is 64.0 Å². The third kappa shape index (κ3) is 5.50. The fourth-order valence-electron chi connectivity index (χ4n) is 5.39. The lowest BCUT2D eigenvalue weighted by Crippen LogP contribution is -2.55. The molecule has 4 rings (SSSR count).